The summed E-state index contributed by atoms with van der Waals surface area (Å²) in [6, 6.07) is 11.7. The Bertz CT molecular complexity index is 741. The van der Waals surface area contributed by atoms with Crippen molar-refractivity contribution in [3.8, 4) is 5.75 Å². The minimum absolute atomic E-state index is 0.164. The average Bonchev–Trinajstić information content (AvgIpc) is 2.63. The number of urea groups is 1. The van der Waals surface area contributed by atoms with Gasteiger partial charge in [-0.1, -0.05) is 6.07 Å². The number of halogens is 1. The minimum Gasteiger partial charge on any atom is -0.495 e. The molecule has 1 heterocycles. The molecular weight excluding hydrogens is 321 g/mol. The van der Waals surface area contributed by atoms with E-state index in [1.54, 1.807) is 24.1 Å². The number of nitrogens with one attached hydrogen (secondary N) is 1. The summed E-state index contributed by atoms with van der Waals surface area (Å²) in [4.78, 5) is 16.3. The van der Waals surface area contributed by atoms with Gasteiger partial charge >= 0.3 is 6.03 Å². The van der Waals surface area contributed by atoms with Crippen LogP contribution in [0.15, 0.2) is 42.5 Å². The van der Waals surface area contributed by atoms with Gasteiger partial charge in [-0.25, -0.2) is 9.18 Å². The molecule has 0 bridgehead atoms. The van der Waals surface area contributed by atoms with Crippen molar-refractivity contribution in [2.24, 2.45) is 0 Å². The molecule has 0 atom stereocenters. The van der Waals surface area contributed by atoms with E-state index in [2.05, 4.69) is 23.2 Å². The monoisotopic (exact) mass is 343 g/mol. The summed E-state index contributed by atoms with van der Waals surface area (Å²) >= 11 is 0. The number of ether oxygens (including phenoxy) is 1. The third-order valence-corrected chi connectivity index (χ3v) is 4.34. The van der Waals surface area contributed by atoms with E-state index in [9.17, 15) is 9.18 Å². The van der Waals surface area contributed by atoms with Crippen molar-refractivity contribution in [1.29, 1.82) is 0 Å². The molecule has 0 saturated carbocycles. The van der Waals surface area contributed by atoms with Gasteiger partial charge in [0, 0.05) is 31.9 Å². The van der Waals surface area contributed by atoms with Crippen molar-refractivity contribution >= 4 is 17.4 Å². The van der Waals surface area contributed by atoms with Gasteiger partial charge in [0.15, 0.2) is 0 Å². The van der Waals surface area contributed by atoms with Crippen LogP contribution in [0.25, 0.3) is 0 Å². The molecule has 2 aromatic rings. The standard InChI is InChI=1S/C19H22FN3O2/c1-14-3-8-18(25-2)17(13-14)22-9-11-23(12-10-22)19(24)21-16-6-4-15(20)5-7-16/h3-8,13H,9-12H2,1-2H3,(H,21,24). The van der Waals surface area contributed by atoms with E-state index in [1.165, 1.54) is 17.7 Å². The third kappa shape index (κ3) is 4.02. The van der Waals surface area contributed by atoms with Crippen LogP contribution in [0, 0.1) is 12.7 Å². The summed E-state index contributed by atoms with van der Waals surface area (Å²) in [6.45, 7) is 4.75. The highest BCUT2D eigenvalue weighted by Crippen LogP contribution is 2.30. The number of methoxy groups -OCH3 is 1. The maximum Gasteiger partial charge on any atom is 0.321 e. The van der Waals surface area contributed by atoms with E-state index in [4.69, 9.17) is 4.74 Å². The molecule has 3 rings (SSSR count). The number of hydrogen-bond acceptors (Lipinski definition) is 3. The Morgan fingerprint density at radius 3 is 2.40 bits per heavy atom. The van der Waals surface area contributed by atoms with Gasteiger partial charge in [-0.3, -0.25) is 0 Å². The van der Waals surface area contributed by atoms with Gasteiger partial charge in [-0.2, -0.15) is 0 Å². The molecule has 6 heteroatoms. The Morgan fingerprint density at radius 2 is 1.76 bits per heavy atom. The number of piperazine rings is 1. The Labute approximate surface area is 147 Å². The van der Waals surface area contributed by atoms with E-state index >= 15 is 0 Å². The van der Waals surface area contributed by atoms with Gasteiger partial charge in [-0.05, 0) is 48.9 Å². The molecule has 1 N–H and O–H groups in total. The summed E-state index contributed by atoms with van der Waals surface area (Å²) in [5, 5.41) is 2.80. The van der Waals surface area contributed by atoms with Crippen LogP contribution in [0.1, 0.15) is 5.56 Å². The number of rotatable bonds is 3. The zero-order chi connectivity index (χ0) is 17.8. The van der Waals surface area contributed by atoms with Crippen LogP contribution in [0.4, 0.5) is 20.6 Å². The molecule has 1 aliphatic rings. The predicted octanol–water partition coefficient (Wildman–Crippen LogP) is 3.50. The number of aryl methyl sites for hydroxylation is 1. The van der Waals surface area contributed by atoms with E-state index < -0.39 is 0 Å². The maximum atomic E-state index is 12.9. The van der Waals surface area contributed by atoms with E-state index in [-0.39, 0.29) is 11.8 Å². The first-order valence-corrected chi connectivity index (χ1v) is 8.28. The van der Waals surface area contributed by atoms with Crippen molar-refractivity contribution in [2.75, 3.05) is 43.5 Å². The van der Waals surface area contributed by atoms with Crippen molar-refractivity contribution in [2.45, 2.75) is 6.92 Å². The molecule has 2 amide bonds. The minimum atomic E-state index is -0.321. The van der Waals surface area contributed by atoms with Crippen molar-refractivity contribution in [3.63, 3.8) is 0 Å². The highest BCUT2D eigenvalue weighted by atomic mass is 19.1. The van der Waals surface area contributed by atoms with Crippen molar-refractivity contribution in [3.05, 3.63) is 53.8 Å². The van der Waals surface area contributed by atoms with Gasteiger partial charge < -0.3 is 19.9 Å². The van der Waals surface area contributed by atoms with Crippen LogP contribution < -0.4 is 15.0 Å². The number of hydrogen-bond donors (Lipinski definition) is 1. The molecule has 1 aliphatic heterocycles. The van der Waals surface area contributed by atoms with Gasteiger partial charge in [0.1, 0.15) is 11.6 Å². The van der Waals surface area contributed by atoms with Crippen LogP contribution in [0.2, 0.25) is 0 Å². The molecular formula is C19H22FN3O2. The SMILES string of the molecule is COc1ccc(C)cc1N1CCN(C(=O)Nc2ccc(F)cc2)CC1. The lowest BCUT2D eigenvalue weighted by atomic mass is 10.1. The highest BCUT2D eigenvalue weighted by Gasteiger charge is 2.23. The van der Waals surface area contributed by atoms with E-state index in [0.717, 1.165) is 24.5 Å². The predicted molar refractivity (Wildman–Crippen MR) is 96.9 cm³/mol. The van der Waals surface area contributed by atoms with Crippen molar-refractivity contribution in [1.82, 2.24) is 4.90 Å². The fraction of sp³-hybridized carbons (Fsp3) is 0.316. The zero-order valence-corrected chi connectivity index (χ0v) is 14.5. The molecule has 132 valence electrons. The number of carbonyl (C=O) groups is 1. The largest absolute Gasteiger partial charge is 0.495 e. The van der Waals surface area contributed by atoms with Crippen LogP contribution in [-0.2, 0) is 0 Å². The molecule has 0 aliphatic carbocycles. The fourth-order valence-electron chi connectivity index (χ4n) is 2.93. The molecule has 25 heavy (non-hydrogen) atoms. The van der Waals surface area contributed by atoms with Crippen LogP contribution in [0.3, 0.4) is 0 Å². The number of benzene rings is 2. The Kier molecular flexibility index (Phi) is 5.07. The van der Waals surface area contributed by atoms with Gasteiger partial charge in [0.2, 0.25) is 0 Å². The molecule has 0 spiro atoms. The first-order valence-electron chi connectivity index (χ1n) is 8.28. The Balaban J connectivity index is 1.61. The summed E-state index contributed by atoms with van der Waals surface area (Å²) in [5.74, 6) is 0.522. The molecule has 0 aromatic heterocycles. The fourth-order valence-corrected chi connectivity index (χ4v) is 2.93. The number of amides is 2. The van der Waals surface area contributed by atoms with Crippen LogP contribution in [-0.4, -0.2) is 44.2 Å². The molecule has 1 saturated heterocycles. The summed E-state index contributed by atoms with van der Waals surface area (Å²) in [5.41, 5.74) is 2.82. The Morgan fingerprint density at radius 1 is 1.08 bits per heavy atom. The normalized spacial score (nSPS) is 14.4. The van der Waals surface area contributed by atoms with Crippen molar-refractivity contribution < 1.29 is 13.9 Å². The maximum absolute atomic E-state index is 12.9. The first kappa shape index (κ1) is 17.1. The summed E-state index contributed by atoms with van der Waals surface area (Å²) < 4.78 is 18.4. The summed E-state index contributed by atoms with van der Waals surface area (Å²) in [6.07, 6.45) is 0. The van der Waals surface area contributed by atoms with Crippen LogP contribution in [0.5, 0.6) is 5.75 Å². The lowest BCUT2D eigenvalue weighted by Gasteiger charge is -2.36. The zero-order valence-electron chi connectivity index (χ0n) is 14.5. The quantitative estimate of drug-likeness (QED) is 0.928. The first-order chi connectivity index (χ1) is 12.1. The molecule has 0 unspecified atom stereocenters. The lowest BCUT2D eigenvalue weighted by molar-refractivity contribution is 0.208. The van der Waals surface area contributed by atoms with Crippen LogP contribution >= 0.6 is 0 Å². The summed E-state index contributed by atoms with van der Waals surface area (Å²) in [7, 11) is 1.67. The van der Waals surface area contributed by atoms with Gasteiger partial charge in [0.25, 0.3) is 0 Å². The Hall–Kier alpha value is -2.76. The second-order valence-corrected chi connectivity index (χ2v) is 6.09. The van der Waals surface area contributed by atoms with E-state index in [1.807, 2.05) is 12.1 Å². The lowest BCUT2D eigenvalue weighted by Crippen LogP contribution is -2.50. The topological polar surface area (TPSA) is 44.8 Å². The second kappa shape index (κ2) is 7.42. The average molecular weight is 343 g/mol. The van der Waals surface area contributed by atoms with Gasteiger partial charge in [0.05, 0.1) is 12.8 Å². The number of nitrogens with zero attached hydrogens (tertiary/aromatic N) is 2. The molecule has 1 fully saturated rings. The smallest absolute Gasteiger partial charge is 0.321 e. The number of anilines is 2. The molecule has 5 nitrogen and oxygen atoms in total. The molecule has 0 radical (unpaired) electrons. The second-order valence-electron chi connectivity index (χ2n) is 6.09. The van der Waals surface area contributed by atoms with Gasteiger partial charge in [-0.15, -0.1) is 0 Å². The molecule has 2 aromatic carbocycles. The third-order valence-electron chi connectivity index (χ3n) is 4.34. The highest BCUT2D eigenvalue weighted by molar-refractivity contribution is 5.89. The van der Waals surface area contributed by atoms with E-state index in [0.29, 0.717) is 18.8 Å². The number of carbonyl (C=O) groups excluding carboxylic acids is 1.